The smallest absolute Gasteiger partial charge is 0.140 e. The minimum Gasteiger partial charge on any atom is -0.487 e. The highest BCUT2D eigenvalue weighted by Gasteiger charge is 2.13. The maximum Gasteiger partial charge on any atom is 0.140 e. The minimum absolute atomic E-state index is 0.0449. The van der Waals surface area contributed by atoms with Gasteiger partial charge >= 0.3 is 0 Å². The molecule has 0 saturated heterocycles. The van der Waals surface area contributed by atoms with Crippen LogP contribution in [0, 0.1) is 0 Å². The van der Waals surface area contributed by atoms with Crippen molar-refractivity contribution in [3.05, 3.63) is 58.3 Å². The summed E-state index contributed by atoms with van der Waals surface area (Å²) in [7, 11) is 0. The van der Waals surface area contributed by atoms with Gasteiger partial charge < -0.3 is 10.5 Å². The van der Waals surface area contributed by atoms with Gasteiger partial charge in [0, 0.05) is 23.2 Å². The van der Waals surface area contributed by atoms with Crippen molar-refractivity contribution in [2.75, 3.05) is 13.2 Å². The number of nitrogens with two attached hydrogens (primary N) is 1. The van der Waals surface area contributed by atoms with Crippen molar-refractivity contribution in [3.63, 3.8) is 0 Å². The van der Waals surface area contributed by atoms with Gasteiger partial charge in [0.1, 0.15) is 18.2 Å². The third-order valence-electron chi connectivity index (χ3n) is 2.68. The van der Waals surface area contributed by atoms with Gasteiger partial charge in [-0.3, -0.25) is 4.99 Å². The molecule has 0 aromatic heterocycles. The van der Waals surface area contributed by atoms with Gasteiger partial charge in [-0.05, 0) is 18.2 Å². The Labute approximate surface area is 116 Å². The first kappa shape index (κ1) is 13.6. The van der Waals surface area contributed by atoms with E-state index >= 15 is 0 Å². The van der Waals surface area contributed by atoms with E-state index in [4.69, 9.17) is 22.1 Å². The molecule has 5 heteroatoms. The normalized spacial score (nSPS) is 19.4. The molecule has 0 saturated carbocycles. The topological polar surface area (TPSA) is 47.6 Å². The van der Waals surface area contributed by atoms with Crippen molar-refractivity contribution < 1.29 is 9.13 Å². The first-order valence-corrected chi connectivity index (χ1v) is 6.24. The Hall–Kier alpha value is -1.81. The van der Waals surface area contributed by atoms with Crippen LogP contribution >= 0.6 is 11.6 Å². The van der Waals surface area contributed by atoms with E-state index in [0.29, 0.717) is 28.6 Å². The average Bonchev–Trinajstić information content (AvgIpc) is 2.68. The van der Waals surface area contributed by atoms with Crippen LogP contribution in [0.3, 0.4) is 0 Å². The molecule has 1 aliphatic carbocycles. The number of allylic oxidation sites excluding steroid dienone is 6. The summed E-state index contributed by atoms with van der Waals surface area (Å²) in [5, 5.41) is 0.347. The highest BCUT2D eigenvalue weighted by Crippen LogP contribution is 2.26. The summed E-state index contributed by atoms with van der Waals surface area (Å²) in [5.41, 5.74) is 6.68. The molecule has 2 aliphatic rings. The Morgan fingerprint density at radius 2 is 2.26 bits per heavy atom. The van der Waals surface area contributed by atoms with E-state index in [1.54, 1.807) is 36.6 Å². The van der Waals surface area contributed by atoms with Crippen LogP contribution in [0.4, 0.5) is 4.39 Å². The number of hydrogen-bond acceptors (Lipinski definition) is 3. The van der Waals surface area contributed by atoms with E-state index in [2.05, 4.69) is 4.99 Å². The predicted molar refractivity (Wildman–Crippen MR) is 75.5 cm³/mol. The molecule has 0 aromatic carbocycles. The van der Waals surface area contributed by atoms with Crippen molar-refractivity contribution >= 4 is 17.8 Å². The zero-order chi connectivity index (χ0) is 13.7. The molecule has 0 spiro atoms. The summed E-state index contributed by atoms with van der Waals surface area (Å²) in [4.78, 5) is 4.03. The van der Waals surface area contributed by atoms with Crippen LogP contribution in [0.1, 0.15) is 6.42 Å². The molecular weight excluding hydrogens is 267 g/mol. The second-order valence-electron chi connectivity index (χ2n) is 4.06. The molecule has 1 aliphatic heterocycles. The fraction of sp³-hybridized carbons (Fsp3) is 0.214. The van der Waals surface area contributed by atoms with Crippen molar-refractivity contribution in [2.24, 2.45) is 10.7 Å². The highest BCUT2D eigenvalue weighted by molar-refractivity contribution is 6.32. The lowest BCUT2D eigenvalue weighted by Crippen LogP contribution is -2.09. The first-order chi connectivity index (χ1) is 9.18. The molecule has 19 heavy (non-hydrogen) atoms. The van der Waals surface area contributed by atoms with Crippen molar-refractivity contribution in [1.29, 1.82) is 0 Å². The van der Waals surface area contributed by atoms with E-state index in [1.165, 1.54) is 0 Å². The van der Waals surface area contributed by atoms with Crippen LogP contribution in [-0.2, 0) is 4.74 Å². The van der Waals surface area contributed by atoms with Crippen LogP contribution < -0.4 is 5.73 Å². The Morgan fingerprint density at radius 3 is 3.11 bits per heavy atom. The molecule has 0 unspecified atom stereocenters. The van der Waals surface area contributed by atoms with Crippen LogP contribution in [0.25, 0.3) is 0 Å². The summed E-state index contributed by atoms with van der Waals surface area (Å²) in [6, 6.07) is 0. The lowest BCUT2D eigenvalue weighted by molar-refractivity contribution is 0.248. The maximum atomic E-state index is 13.8. The van der Waals surface area contributed by atoms with Gasteiger partial charge in [-0.2, -0.15) is 0 Å². The lowest BCUT2D eigenvalue weighted by Gasteiger charge is -2.12. The van der Waals surface area contributed by atoms with Crippen molar-refractivity contribution in [2.45, 2.75) is 6.42 Å². The first-order valence-electron chi connectivity index (χ1n) is 5.86. The average molecular weight is 281 g/mol. The van der Waals surface area contributed by atoms with E-state index < -0.39 is 0 Å². The minimum atomic E-state index is -0.289. The zero-order valence-corrected chi connectivity index (χ0v) is 11.0. The predicted octanol–water partition coefficient (Wildman–Crippen LogP) is 3.12. The molecule has 3 nitrogen and oxygen atoms in total. The molecule has 0 atom stereocenters. The molecule has 2 rings (SSSR count). The number of nitrogens with zero attached hydrogens (tertiary/aromatic N) is 1. The largest absolute Gasteiger partial charge is 0.487 e. The van der Waals surface area contributed by atoms with Gasteiger partial charge in [-0.25, -0.2) is 4.39 Å². The van der Waals surface area contributed by atoms with Gasteiger partial charge in [0.05, 0.1) is 12.2 Å². The molecule has 0 amide bonds. The van der Waals surface area contributed by atoms with Gasteiger partial charge in [0.25, 0.3) is 0 Å². The number of halogens is 2. The number of rotatable bonds is 3. The summed E-state index contributed by atoms with van der Waals surface area (Å²) in [6.07, 6.45) is 10.4. The number of ether oxygens (including phenoxy) is 1. The summed E-state index contributed by atoms with van der Waals surface area (Å²) in [6.45, 7) is 0.415. The molecule has 0 bridgehead atoms. The molecular formula is C14H14ClFN2O. The monoisotopic (exact) mass is 280 g/mol. The Bertz CT molecular complexity index is 542. The van der Waals surface area contributed by atoms with Crippen molar-refractivity contribution in [1.82, 2.24) is 0 Å². The van der Waals surface area contributed by atoms with Crippen LogP contribution in [0.15, 0.2) is 63.3 Å². The Morgan fingerprint density at radius 1 is 1.42 bits per heavy atom. The summed E-state index contributed by atoms with van der Waals surface area (Å²) >= 11 is 6.01. The second kappa shape index (κ2) is 6.38. The molecule has 1 heterocycles. The standard InChI is InChI=1S/C14H14ClFN2O/c15-11-4-1-2-5-12(16)10(11)9-19-14-6-3-7-18-8-13(14)17/h1-4,6-7H,5,8-9,17H2. The maximum absolute atomic E-state index is 13.8. The van der Waals surface area contributed by atoms with Gasteiger partial charge in [0.2, 0.25) is 0 Å². The van der Waals surface area contributed by atoms with Gasteiger partial charge in [-0.1, -0.05) is 23.8 Å². The molecule has 0 aromatic rings. The Balaban J connectivity index is 2.10. The highest BCUT2D eigenvalue weighted by atomic mass is 35.5. The SMILES string of the molecule is NC1=C(OCC2=C(F)CC=CC=C2Cl)C=CC=NC1. The number of hydrogen-bond donors (Lipinski definition) is 1. The van der Waals surface area contributed by atoms with Crippen LogP contribution in [0.5, 0.6) is 0 Å². The molecule has 0 fully saturated rings. The molecule has 100 valence electrons. The van der Waals surface area contributed by atoms with Gasteiger partial charge in [-0.15, -0.1) is 0 Å². The van der Waals surface area contributed by atoms with Gasteiger partial charge in [0.15, 0.2) is 0 Å². The summed E-state index contributed by atoms with van der Waals surface area (Å²) < 4.78 is 19.4. The van der Waals surface area contributed by atoms with E-state index in [9.17, 15) is 4.39 Å². The summed E-state index contributed by atoms with van der Waals surface area (Å²) in [5.74, 6) is 0.211. The van der Waals surface area contributed by atoms with E-state index in [-0.39, 0.29) is 18.9 Å². The van der Waals surface area contributed by atoms with Crippen molar-refractivity contribution in [3.8, 4) is 0 Å². The zero-order valence-electron chi connectivity index (χ0n) is 10.3. The fourth-order valence-electron chi connectivity index (χ4n) is 1.64. The van der Waals surface area contributed by atoms with Crippen LogP contribution in [0.2, 0.25) is 0 Å². The molecule has 0 radical (unpaired) electrons. The third-order valence-corrected chi connectivity index (χ3v) is 3.03. The lowest BCUT2D eigenvalue weighted by atomic mass is 10.2. The second-order valence-corrected chi connectivity index (χ2v) is 4.46. The number of aliphatic imine (C=N–C) groups is 1. The van der Waals surface area contributed by atoms with E-state index in [0.717, 1.165) is 0 Å². The quantitative estimate of drug-likeness (QED) is 0.863. The van der Waals surface area contributed by atoms with E-state index in [1.807, 2.05) is 0 Å². The third kappa shape index (κ3) is 3.58. The fourth-order valence-corrected chi connectivity index (χ4v) is 1.87. The molecule has 2 N–H and O–H groups in total. The Kier molecular flexibility index (Phi) is 4.58. The van der Waals surface area contributed by atoms with Crippen LogP contribution in [-0.4, -0.2) is 19.4 Å².